The third-order valence-electron chi connectivity index (χ3n) is 3.16. The van der Waals surface area contributed by atoms with Crippen LogP contribution in [0.5, 0.6) is 0 Å². The molecule has 1 fully saturated rings. The molecule has 1 amide bonds. The summed E-state index contributed by atoms with van der Waals surface area (Å²) in [5, 5.41) is 3.27. The van der Waals surface area contributed by atoms with Gasteiger partial charge in [0.2, 0.25) is 5.91 Å². The fourth-order valence-corrected chi connectivity index (χ4v) is 2.21. The Morgan fingerprint density at radius 1 is 1.69 bits per heavy atom. The molecule has 4 nitrogen and oxygen atoms in total. The molecule has 0 spiro atoms. The quantitative estimate of drug-likeness (QED) is 0.840. The van der Waals surface area contributed by atoms with E-state index in [1.54, 1.807) is 11.2 Å². The van der Waals surface area contributed by atoms with E-state index in [-0.39, 0.29) is 11.4 Å². The largest absolute Gasteiger partial charge is 0.467 e. The topological polar surface area (TPSA) is 45.5 Å². The molecule has 0 bridgehead atoms. The lowest BCUT2D eigenvalue weighted by Gasteiger charge is -2.28. The first-order valence-electron chi connectivity index (χ1n) is 5.65. The van der Waals surface area contributed by atoms with Crippen molar-refractivity contribution in [1.29, 1.82) is 0 Å². The second kappa shape index (κ2) is 4.29. The van der Waals surface area contributed by atoms with E-state index < -0.39 is 0 Å². The lowest BCUT2D eigenvalue weighted by atomic mass is 9.98. The predicted molar refractivity (Wildman–Crippen MR) is 60.8 cm³/mol. The smallest absolute Gasteiger partial charge is 0.242 e. The predicted octanol–water partition coefficient (Wildman–Crippen LogP) is 1.38. The van der Waals surface area contributed by atoms with Crippen LogP contribution >= 0.6 is 0 Å². The molecule has 1 N–H and O–H groups in total. The molecule has 88 valence electrons. The molecule has 0 aliphatic carbocycles. The normalized spacial score (nSPS) is 24.6. The number of nitrogens with zero attached hydrogens (tertiary/aromatic N) is 1. The van der Waals surface area contributed by atoms with Gasteiger partial charge in [-0.3, -0.25) is 4.79 Å². The van der Waals surface area contributed by atoms with Crippen molar-refractivity contribution in [3.8, 4) is 0 Å². The molecule has 1 aromatic rings. The van der Waals surface area contributed by atoms with E-state index in [1.807, 2.05) is 26.1 Å². The van der Waals surface area contributed by atoms with Crippen molar-refractivity contribution >= 4 is 5.91 Å². The maximum Gasteiger partial charge on any atom is 0.242 e. The summed E-state index contributed by atoms with van der Waals surface area (Å²) in [7, 11) is 1.82. The molecule has 0 radical (unpaired) electrons. The summed E-state index contributed by atoms with van der Waals surface area (Å²) in [6.07, 6.45) is 3.61. The molecule has 2 rings (SSSR count). The molecular formula is C12H18N2O2. The van der Waals surface area contributed by atoms with Gasteiger partial charge in [0.1, 0.15) is 5.76 Å². The Kier molecular flexibility index (Phi) is 3.01. The van der Waals surface area contributed by atoms with Gasteiger partial charge in [0.05, 0.1) is 18.3 Å². The van der Waals surface area contributed by atoms with Crippen LogP contribution in [0.4, 0.5) is 0 Å². The Morgan fingerprint density at radius 2 is 2.50 bits per heavy atom. The molecule has 1 aromatic heterocycles. The molecule has 4 heteroatoms. The van der Waals surface area contributed by atoms with Crippen LogP contribution in [0.25, 0.3) is 0 Å². The maximum absolute atomic E-state index is 12.2. The number of furan rings is 1. The van der Waals surface area contributed by atoms with Crippen molar-refractivity contribution in [3.63, 3.8) is 0 Å². The van der Waals surface area contributed by atoms with E-state index in [0.29, 0.717) is 6.54 Å². The highest BCUT2D eigenvalue weighted by atomic mass is 16.3. The van der Waals surface area contributed by atoms with Crippen molar-refractivity contribution in [1.82, 2.24) is 10.2 Å². The average Bonchev–Trinajstić information content (AvgIpc) is 2.89. The second-order valence-corrected chi connectivity index (χ2v) is 4.60. The number of rotatable bonds is 3. The molecule has 1 unspecified atom stereocenters. The van der Waals surface area contributed by atoms with Crippen LogP contribution < -0.4 is 5.32 Å². The monoisotopic (exact) mass is 222 g/mol. The number of carbonyl (C=O) groups is 1. The molecule has 2 heterocycles. The van der Waals surface area contributed by atoms with E-state index >= 15 is 0 Å². The zero-order chi connectivity index (χ0) is 11.6. The van der Waals surface area contributed by atoms with Crippen molar-refractivity contribution in [3.05, 3.63) is 24.2 Å². The number of carbonyl (C=O) groups excluding carboxylic acids is 1. The van der Waals surface area contributed by atoms with Gasteiger partial charge in [0.15, 0.2) is 0 Å². The summed E-state index contributed by atoms with van der Waals surface area (Å²) in [5.41, 5.74) is -0.388. The number of hydrogen-bond acceptors (Lipinski definition) is 3. The Labute approximate surface area is 95.6 Å². The average molecular weight is 222 g/mol. The number of amides is 1. The van der Waals surface area contributed by atoms with Crippen LogP contribution in [0.1, 0.15) is 25.5 Å². The van der Waals surface area contributed by atoms with Gasteiger partial charge in [-0.25, -0.2) is 0 Å². The third-order valence-corrected chi connectivity index (χ3v) is 3.16. The summed E-state index contributed by atoms with van der Waals surface area (Å²) in [5.74, 6) is 0.957. The summed E-state index contributed by atoms with van der Waals surface area (Å²) in [4.78, 5) is 13.9. The SMILES string of the molecule is CN(Cc1ccco1)C(=O)C1(C)CCCN1. The highest BCUT2D eigenvalue weighted by Crippen LogP contribution is 2.21. The number of likely N-dealkylation sites (N-methyl/N-ethyl adjacent to an activating group) is 1. The first-order chi connectivity index (χ1) is 7.62. The highest BCUT2D eigenvalue weighted by molar-refractivity contribution is 5.86. The highest BCUT2D eigenvalue weighted by Gasteiger charge is 2.37. The zero-order valence-electron chi connectivity index (χ0n) is 9.82. The van der Waals surface area contributed by atoms with Crippen molar-refractivity contribution in [2.75, 3.05) is 13.6 Å². The molecule has 1 aliphatic rings. The Morgan fingerprint density at radius 3 is 3.06 bits per heavy atom. The first kappa shape index (κ1) is 11.2. The number of nitrogens with one attached hydrogen (secondary N) is 1. The fourth-order valence-electron chi connectivity index (χ4n) is 2.21. The van der Waals surface area contributed by atoms with Gasteiger partial charge in [-0.1, -0.05) is 0 Å². The van der Waals surface area contributed by atoms with Gasteiger partial charge in [-0.2, -0.15) is 0 Å². The Balaban J connectivity index is 1.99. The summed E-state index contributed by atoms with van der Waals surface area (Å²) in [6.45, 7) is 3.43. The van der Waals surface area contributed by atoms with Crippen LogP contribution in [-0.2, 0) is 11.3 Å². The van der Waals surface area contributed by atoms with Gasteiger partial charge in [0.25, 0.3) is 0 Å². The van der Waals surface area contributed by atoms with Crippen molar-refractivity contribution in [2.24, 2.45) is 0 Å². The van der Waals surface area contributed by atoms with E-state index in [4.69, 9.17) is 4.42 Å². The van der Waals surface area contributed by atoms with Crippen LogP contribution in [-0.4, -0.2) is 29.9 Å². The summed E-state index contributed by atoms with van der Waals surface area (Å²) in [6, 6.07) is 3.72. The van der Waals surface area contributed by atoms with Gasteiger partial charge in [-0.05, 0) is 38.4 Å². The lowest BCUT2D eigenvalue weighted by Crippen LogP contribution is -2.51. The summed E-state index contributed by atoms with van der Waals surface area (Å²) >= 11 is 0. The van der Waals surface area contributed by atoms with Crippen LogP contribution in [0, 0.1) is 0 Å². The number of hydrogen-bond donors (Lipinski definition) is 1. The molecule has 16 heavy (non-hydrogen) atoms. The molecule has 1 aliphatic heterocycles. The van der Waals surface area contributed by atoms with Crippen LogP contribution in [0.15, 0.2) is 22.8 Å². The first-order valence-corrected chi connectivity index (χ1v) is 5.65. The second-order valence-electron chi connectivity index (χ2n) is 4.60. The van der Waals surface area contributed by atoms with Crippen LogP contribution in [0.3, 0.4) is 0 Å². The minimum Gasteiger partial charge on any atom is -0.467 e. The van der Waals surface area contributed by atoms with Gasteiger partial charge in [0, 0.05) is 7.05 Å². The Bertz CT molecular complexity index is 353. The molecule has 0 aromatic carbocycles. The van der Waals surface area contributed by atoms with Gasteiger partial charge < -0.3 is 14.6 Å². The van der Waals surface area contributed by atoms with Crippen LogP contribution in [0.2, 0.25) is 0 Å². The molecule has 1 saturated heterocycles. The zero-order valence-corrected chi connectivity index (χ0v) is 9.82. The van der Waals surface area contributed by atoms with Crippen molar-refractivity contribution < 1.29 is 9.21 Å². The fraction of sp³-hybridized carbons (Fsp3) is 0.583. The van der Waals surface area contributed by atoms with E-state index in [0.717, 1.165) is 25.1 Å². The molecule has 0 saturated carbocycles. The summed E-state index contributed by atoms with van der Waals surface area (Å²) < 4.78 is 5.24. The van der Waals surface area contributed by atoms with Gasteiger partial charge >= 0.3 is 0 Å². The van der Waals surface area contributed by atoms with E-state index in [2.05, 4.69) is 5.32 Å². The molecule has 1 atom stereocenters. The third kappa shape index (κ3) is 2.11. The minimum absolute atomic E-state index is 0.140. The van der Waals surface area contributed by atoms with Crippen molar-refractivity contribution in [2.45, 2.75) is 31.8 Å². The molecular weight excluding hydrogens is 204 g/mol. The van der Waals surface area contributed by atoms with E-state index in [1.165, 1.54) is 0 Å². The Hall–Kier alpha value is -1.29. The maximum atomic E-state index is 12.2. The minimum atomic E-state index is -0.388. The lowest BCUT2D eigenvalue weighted by molar-refractivity contribution is -0.136. The van der Waals surface area contributed by atoms with E-state index in [9.17, 15) is 4.79 Å². The van der Waals surface area contributed by atoms with Gasteiger partial charge in [-0.15, -0.1) is 0 Å². The standard InChI is InChI=1S/C12H18N2O2/c1-12(6-4-7-13-12)11(15)14(2)9-10-5-3-8-16-10/h3,5,8,13H,4,6-7,9H2,1-2H3.